The van der Waals surface area contributed by atoms with Gasteiger partial charge in [0.05, 0.1) is 13.6 Å². The molecule has 1 aliphatic rings. The average Bonchev–Trinajstić information content (AvgIpc) is 2.76. The number of nitrogens with zero attached hydrogens (tertiary/aromatic N) is 5. The molecule has 1 aromatic rings. The van der Waals surface area contributed by atoms with Gasteiger partial charge in [0.1, 0.15) is 0 Å². The molecule has 1 unspecified atom stereocenters. The van der Waals surface area contributed by atoms with E-state index in [0.29, 0.717) is 0 Å². The Morgan fingerprint density at radius 3 is 3.00 bits per heavy atom. The van der Waals surface area contributed by atoms with E-state index in [2.05, 4.69) is 36.2 Å². The minimum Gasteiger partial charge on any atom is -0.296 e. The maximum absolute atomic E-state index is 4.17. The van der Waals surface area contributed by atoms with Crippen LogP contribution in [0.3, 0.4) is 0 Å². The van der Waals surface area contributed by atoms with Crippen molar-refractivity contribution in [1.82, 2.24) is 25.1 Å². The number of halogens is 1. The summed E-state index contributed by atoms with van der Waals surface area (Å²) in [4.78, 5) is 3.89. The van der Waals surface area contributed by atoms with E-state index >= 15 is 0 Å². The van der Waals surface area contributed by atoms with Gasteiger partial charge in [-0.25, -0.2) is 0 Å². The first-order chi connectivity index (χ1) is 6.78. The zero-order valence-electron chi connectivity index (χ0n) is 8.23. The highest BCUT2D eigenvalue weighted by atomic mass is 79.9. The summed E-state index contributed by atoms with van der Waals surface area (Å²) < 4.78 is 0. The van der Waals surface area contributed by atoms with Crippen molar-refractivity contribution in [3.63, 3.8) is 0 Å². The lowest BCUT2D eigenvalue weighted by atomic mass is 10.2. The van der Waals surface area contributed by atoms with Gasteiger partial charge in [-0.3, -0.25) is 4.90 Å². The van der Waals surface area contributed by atoms with Crippen LogP contribution in [0.5, 0.6) is 0 Å². The minimum absolute atomic E-state index is 0.784. The maximum atomic E-state index is 4.17. The lowest BCUT2D eigenvalue weighted by Crippen LogP contribution is -2.21. The van der Waals surface area contributed by atoms with Gasteiger partial charge in [-0.05, 0) is 24.1 Å². The molecule has 1 fully saturated rings. The number of hydrogen-bond acceptors (Lipinski definition) is 4. The topological polar surface area (TPSA) is 46.8 Å². The fourth-order valence-corrected chi connectivity index (χ4v) is 2.30. The second-order valence-corrected chi connectivity index (χ2v) is 4.39. The van der Waals surface area contributed by atoms with Gasteiger partial charge in [-0.2, -0.15) is 4.80 Å². The van der Waals surface area contributed by atoms with Crippen LogP contribution in [0.1, 0.15) is 12.2 Å². The predicted molar refractivity (Wildman–Crippen MR) is 56.0 cm³/mol. The van der Waals surface area contributed by atoms with E-state index in [0.717, 1.165) is 36.7 Å². The molecule has 2 rings (SSSR count). The maximum Gasteiger partial charge on any atom is 0.188 e. The number of hydrogen-bond donors (Lipinski definition) is 0. The summed E-state index contributed by atoms with van der Waals surface area (Å²) in [5, 5.41) is 13.1. The fourth-order valence-electron chi connectivity index (χ4n) is 1.77. The fraction of sp³-hybridized carbons (Fsp3) is 0.875. The van der Waals surface area contributed by atoms with Crippen molar-refractivity contribution in [2.75, 3.05) is 18.4 Å². The largest absolute Gasteiger partial charge is 0.296 e. The molecule has 6 heteroatoms. The number of rotatable bonds is 3. The van der Waals surface area contributed by atoms with Crippen molar-refractivity contribution in [2.45, 2.75) is 13.0 Å². The highest BCUT2D eigenvalue weighted by molar-refractivity contribution is 9.09. The van der Waals surface area contributed by atoms with E-state index in [1.165, 1.54) is 11.2 Å². The van der Waals surface area contributed by atoms with Gasteiger partial charge in [0.2, 0.25) is 0 Å². The summed E-state index contributed by atoms with van der Waals surface area (Å²) in [5.74, 6) is 1.61. The third-order valence-corrected chi connectivity index (χ3v) is 3.42. The van der Waals surface area contributed by atoms with E-state index < -0.39 is 0 Å². The Hall–Kier alpha value is -0.490. The zero-order chi connectivity index (χ0) is 9.97. The van der Waals surface area contributed by atoms with Crippen LogP contribution in [0.4, 0.5) is 0 Å². The molecule has 1 atom stereocenters. The number of aryl methyl sites for hydroxylation is 1. The summed E-state index contributed by atoms with van der Waals surface area (Å²) >= 11 is 3.52. The minimum atomic E-state index is 0.784. The molecule has 0 N–H and O–H groups in total. The van der Waals surface area contributed by atoms with Gasteiger partial charge >= 0.3 is 0 Å². The molecule has 0 radical (unpaired) electrons. The standard InChI is InChI=1S/C8H14BrN5/c1-13-11-8(10-12-13)6-14-3-2-7(4-9)5-14/h7H,2-6H2,1H3. The monoisotopic (exact) mass is 259 g/mol. The van der Waals surface area contributed by atoms with Crippen molar-refractivity contribution in [1.29, 1.82) is 0 Å². The molecule has 14 heavy (non-hydrogen) atoms. The van der Waals surface area contributed by atoms with E-state index in [1.807, 2.05) is 0 Å². The molecule has 1 aliphatic heterocycles. The van der Waals surface area contributed by atoms with Crippen LogP contribution >= 0.6 is 15.9 Å². The summed E-state index contributed by atoms with van der Waals surface area (Å²) in [6.45, 7) is 3.12. The first-order valence-electron chi connectivity index (χ1n) is 4.79. The molecule has 0 aliphatic carbocycles. The van der Waals surface area contributed by atoms with Crippen LogP contribution in [0.15, 0.2) is 0 Å². The summed E-state index contributed by atoms with van der Waals surface area (Å²) in [6.07, 6.45) is 1.27. The van der Waals surface area contributed by atoms with Gasteiger partial charge in [0.15, 0.2) is 5.82 Å². The van der Waals surface area contributed by atoms with Gasteiger partial charge < -0.3 is 0 Å². The molecule has 0 amide bonds. The first-order valence-corrected chi connectivity index (χ1v) is 5.91. The molecule has 1 aromatic heterocycles. The Balaban J connectivity index is 1.87. The number of aromatic nitrogens is 4. The van der Waals surface area contributed by atoms with Gasteiger partial charge in [-0.1, -0.05) is 15.9 Å². The molecule has 0 spiro atoms. The number of alkyl halides is 1. The predicted octanol–water partition coefficient (Wildman–Crippen LogP) is 0.427. The quantitative estimate of drug-likeness (QED) is 0.739. The Labute approximate surface area is 91.6 Å². The van der Waals surface area contributed by atoms with Crippen molar-refractivity contribution in [3.05, 3.63) is 5.82 Å². The van der Waals surface area contributed by atoms with Crippen LogP contribution in [-0.4, -0.2) is 43.5 Å². The zero-order valence-corrected chi connectivity index (χ0v) is 9.81. The van der Waals surface area contributed by atoms with Crippen molar-refractivity contribution in [2.24, 2.45) is 13.0 Å². The second kappa shape index (κ2) is 4.35. The summed E-state index contributed by atoms with van der Waals surface area (Å²) in [5.41, 5.74) is 0. The lowest BCUT2D eigenvalue weighted by Gasteiger charge is -2.12. The van der Waals surface area contributed by atoms with E-state index in [-0.39, 0.29) is 0 Å². The van der Waals surface area contributed by atoms with E-state index in [4.69, 9.17) is 0 Å². The third-order valence-electron chi connectivity index (χ3n) is 2.50. The highest BCUT2D eigenvalue weighted by Crippen LogP contribution is 2.18. The van der Waals surface area contributed by atoms with Gasteiger partial charge in [-0.15, -0.1) is 10.2 Å². The van der Waals surface area contributed by atoms with E-state index in [9.17, 15) is 0 Å². The Bertz CT molecular complexity index is 300. The molecule has 5 nitrogen and oxygen atoms in total. The molecule has 2 heterocycles. The Morgan fingerprint density at radius 1 is 1.57 bits per heavy atom. The number of tetrazole rings is 1. The van der Waals surface area contributed by atoms with Crippen LogP contribution in [0.25, 0.3) is 0 Å². The third kappa shape index (κ3) is 2.30. The highest BCUT2D eigenvalue weighted by Gasteiger charge is 2.22. The van der Waals surface area contributed by atoms with Gasteiger partial charge in [0.25, 0.3) is 0 Å². The SMILES string of the molecule is Cn1nnc(CN2CCC(CBr)C2)n1. The van der Waals surface area contributed by atoms with Crippen LogP contribution in [0, 0.1) is 5.92 Å². The molecular formula is C8H14BrN5. The van der Waals surface area contributed by atoms with Crippen LogP contribution in [0.2, 0.25) is 0 Å². The van der Waals surface area contributed by atoms with Crippen molar-refractivity contribution < 1.29 is 0 Å². The average molecular weight is 260 g/mol. The first kappa shape index (κ1) is 10.0. The summed E-state index contributed by atoms with van der Waals surface area (Å²) in [7, 11) is 1.79. The van der Waals surface area contributed by atoms with Crippen LogP contribution < -0.4 is 0 Å². The molecule has 0 aromatic carbocycles. The second-order valence-electron chi connectivity index (χ2n) is 3.74. The molecular weight excluding hydrogens is 246 g/mol. The smallest absolute Gasteiger partial charge is 0.188 e. The summed E-state index contributed by atoms with van der Waals surface area (Å²) in [6, 6.07) is 0. The molecule has 78 valence electrons. The molecule has 0 bridgehead atoms. The van der Waals surface area contributed by atoms with Crippen LogP contribution in [-0.2, 0) is 13.6 Å². The van der Waals surface area contributed by atoms with Crippen molar-refractivity contribution >= 4 is 15.9 Å². The lowest BCUT2D eigenvalue weighted by molar-refractivity contribution is 0.312. The number of likely N-dealkylation sites (tertiary alicyclic amines) is 1. The van der Waals surface area contributed by atoms with Gasteiger partial charge in [0, 0.05) is 11.9 Å². The normalized spacial score (nSPS) is 23.1. The molecule has 0 saturated carbocycles. The Kier molecular flexibility index (Phi) is 3.12. The Morgan fingerprint density at radius 2 is 2.43 bits per heavy atom. The van der Waals surface area contributed by atoms with Crippen molar-refractivity contribution in [3.8, 4) is 0 Å². The molecule has 1 saturated heterocycles. The van der Waals surface area contributed by atoms with E-state index in [1.54, 1.807) is 7.05 Å².